The van der Waals surface area contributed by atoms with Gasteiger partial charge in [-0.25, -0.2) is 0 Å². The second-order valence-electron chi connectivity index (χ2n) is 3.71. The van der Waals surface area contributed by atoms with Crippen molar-refractivity contribution in [3.63, 3.8) is 0 Å². The predicted octanol–water partition coefficient (Wildman–Crippen LogP) is 2.77. The number of hydrogen-bond donors (Lipinski definition) is 1. The lowest BCUT2D eigenvalue weighted by Crippen LogP contribution is -2.16. The highest BCUT2D eigenvalue weighted by atomic mass is 35.5. The van der Waals surface area contributed by atoms with E-state index in [0.29, 0.717) is 13.0 Å². The number of ether oxygens (including phenoxy) is 1. The van der Waals surface area contributed by atoms with Crippen LogP contribution in [0.25, 0.3) is 0 Å². The molecule has 1 aromatic carbocycles. The number of esters is 1. The lowest BCUT2D eigenvalue weighted by atomic mass is 10.2. The van der Waals surface area contributed by atoms with Crippen LogP contribution >= 0.6 is 11.6 Å². The standard InChI is InChI=1S/C13H18ClNO2/c1-2-17-13(16)4-3-9-15-10-11-5-7-12(14)8-6-11/h5-8,15H,2-4,9-10H2,1H3. The van der Waals surface area contributed by atoms with Crippen molar-refractivity contribution in [2.45, 2.75) is 26.3 Å². The molecule has 0 aliphatic rings. The third-order valence-corrected chi connectivity index (χ3v) is 2.53. The van der Waals surface area contributed by atoms with Crippen LogP contribution in [0.15, 0.2) is 24.3 Å². The van der Waals surface area contributed by atoms with Crippen molar-refractivity contribution in [1.29, 1.82) is 0 Å². The minimum absolute atomic E-state index is 0.124. The number of nitrogens with one attached hydrogen (secondary N) is 1. The van der Waals surface area contributed by atoms with Crippen LogP contribution in [-0.2, 0) is 16.1 Å². The van der Waals surface area contributed by atoms with Crippen LogP contribution in [-0.4, -0.2) is 19.1 Å². The first-order chi connectivity index (χ1) is 8.22. The molecule has 1 N–H and O–H groups in total. The topological polar surface area (TPSA) is 38.3 Å². The number of carbonyl (C=O) groups excluding carboxylic acids is 1. The average Bonchev–Trinajstić information content (AvgIpc) is 2.31. The van der Waals surface area contributed by atoms with E-state index in [9.17, 15) is 4.79 Å². The maximum absolute atomic E-state index is 11.0. The van der Waals surface area contributed by atoms with Crippen molar-refractivity contribution in [2.24, 2.45) is 0 Å². The van der Waals surface area contributed by atoms with Gasteiger partial charge in [0.2, 0.25) is 0 Å². The molecule has 0 saturated carbocycles. The van der Waals surface area contributed by atoms with E-state index in [-0.39, 0.29) is 5.97 Å². The van der Waals surface area contributed by atoms with Crippen molar-refractivity contribution < 1.29 is 9.53 Å². The Bertz CT molecular complexity index is 338. The van der Waals surface area contributed by atoms with Crippen molar-refractivity contribution in [3.05, 3.63) is 34.9 Å². The van der Waals surface area contributed by atoms with Crippen LogP contribution in [0.3, 0.4) is 0 Å². The molecule has 4 heteroatoms. The van der Waals surface area contributed by atoms with Gasteiger partial charge in [0, 0.05) is 18.0 Å². The van der Waals surface area contributed by atoms with Gasteiger partial charge in [0.1, 0.15) is 0 Å². The Labute approximate surface area is 107 Å². The maximum atomic E-state index is 11.0. The second-order valence-corrected chi connectivity index (χ2v) is 4.15. The van der Waals surface area contributed by atoms with Gasteiger partial charge in [0.05, 0.1) is 6.61 Å². The van der Waals surface area contributed by atoms with E-state index in [0.717, 1.165) is 24.5 Å². The van der Waals surface area contributed by atoms with E-state index in [4.69, 9.17) is 16.3 Å². The van der Waals surface area contributed by atoms with Gasteiger partial charge in [-0.05, 0) is 37.6 Å². The first-order valence-corrected chi connectivity index (χ1v) is 6.21. The Morgan fingerprint density at radius 1 is 1.35 bits per heavy atom. The largest absolute Gasteiger partial charge is 0.466 e. The van der Waals surface area contributed by atoms with Gasteiger partial charge in [-0.3, -0.25) is 4.79 Å². The van der Waals surface area contributed by atoms with E-state index in [1.165, 1.54) is 5.56 Å². The zero-order valence-corrected chi connectivity index (χ0v) is 10.8. The van der Waals surface area contributed by atoms with Gasteiger partial charge in [-0.2, -0.15) is 0 Å². The van der Waals surface area contributed by atoms with E-state index in [2.05, 4.69) is 5.32 Å². The molecular weight excluding hydrogens is 238 g/mol. The van der Waals surface area contributed by atoms with Crippen LogP contribution in [0.5, 0.6) is 0 Å². The van der Waals surface area contributed by atoms with Crippen LogP contribution < -0.4 is 5.32 Å². The van der Waals surface area contributed by atoms with E-state index in [1.54, 1.807) is 0 Å². The number of halogens is 1. The van der Waals surface area contributed by atoms with Gasteiger partial charge in [0.25, 0.3) is 0 Å². The zero-order chi connectivity index (χ0) is 12.5. The minimum atomic E-state index is -0.124. The average molecular weight is 256 g/mol. The van der Waals surface area contributed by atoms with E-state index >= 15 is 0 Å². The Hall–Kier alpha value is -1.06. The molecule has 3 nitrogen and oxygen atoms in total. The molecule has 0 bridgehead atoms. The molecule has 17 heavy (non-hydrogen) atoms. The van der Waals surface area contributed by atoms with Crippen LogP contribution in [0, 0.1) is 0 Å². The molecule has 0 aliphatic carbocycles. The summed E-state index contributed by atoms with van der Waals surface area (Å²) in [6.07, 6.45) is 1.27. The normalized spacial score (nSPS) is 10.2. The lowest BCUT2D eigenvalue weighted by molar-refractivity contribution is -0.143. The number of benzene rings is 1. The van der Waals surface area contributed by atoms with Crippen molar-refractivity contribution in [3.8, 4) is 0 Å². The van der Waals surface area contributed by atoms with Crippen molar-refractivity contribution in [2.75, 3.05) is 13.2 Å². The highest BCUT2D eigenvalue weighted by Gasteiger charge is 2.00. The molecule has 0 fully saturated rings. The molecule has 0 aromatic heterocycles. The summed E-state index contributed by atoms with van der Waals surface area (Å²) in [5, 5.41) is 4.01. The SMILES string of the molecule is CCOC(=O)CCCNCc1ccc(Cl)cc1. The first-order valence-electron chi connectivity index (χ1n) is 5.83. The minimum Gasteiger partial charge on any atom is -0.466 e. The first kappa shape index (κ1) is 14.0. The smallest absolute Gasteiger partial charge is 0.305 e. The lowest BCUT2D eigenvalue weighted by Gasteiger charge is -2.05. The molecule has 0 heterocycles. The summed E-state index contributed by atoms with van der Waals surface area (Å²) in [4.78, 5) is 11.0. The predicted molar refractivity (Wildman–Crippen MR) is 69.0 cm³/mol. The summed E-state index contributed by atoms with van der Waals surface area (Å²) >= 11 is 5.79. The third kappa shape index (κ3) is 6.29. The molecule has 1 aromatic rings. The summed E-state index contributed by atoms with van der Waals surface area (Å²) in [6.45, 7) is 3.87. The Morgan fingerprint density at radius 3 is 2.71 bits per heavy atom. The molecule has 0 spiro atoms. The highest BCUT2D eigenvalue weighted by Crippen LogP contribution is 2.09. The molecule has 0 saturated heterocycles. The maximum Gasteiger partial charge on any atom is 0.305 e. The Morgan fingerprint density at radius 2 is 2.06 bits per heavy atom. The fourth-order valence-electron chi connectivity index (χ4n) is 1.43. The fourth-order valence-corrected chi connectivity index (χ4v) is 1.55. The van der Waals surface area contributed by atoms with Crippen LogP contribution in [0.4, 0.5) is 0 Å². The summed E-state index contributed by atoms with van der Waals surface area (Å²) in [6, 6.07) is 7.72. The van der Waals surface area contributed by atoms with Crippen LogP contribution in [0.2, 0.25) is 5.02 Å². The Kier molecular flexibility index (Phi) is 6.67. The number of hydrogen-bond acceptors (Lipinski definition) is 3. The second kappa shape index (κ2) is 8.09. The fraction of sp³-hybridized carbons (Fsp3) is 0.462. The third-order valence-electron chi connectivity index (χ3n) is 2.28. The molecule has 0 amide bonds. The van der Waals surface area contributed by atoms with E-state index in [1.807, 2.05) is 31.2 Å². The van der Waals surface area contributed by atoms with Crippen LogP contribution in [0.1, 0.15) is 25.3 Å². The summed E-state index contributed by atoms with van der Waals surface area (Å²) < 4.78 is 4.84. The molecule has 1 rings (SSSR count). The van der Waals surface area contributed by atoms with Gasteiger partial charge in [0.15, 0.2) is 0 Å². The molecule has 0 atom stereocenters. The van der Waals surface area contributed by atoms with Crippen molar-refractivity contribution in [1.82, 2.24) is 5.32 Å². The van der Waals surface area contributed by atoms with Gasteiger partial charge in [-0.15, -0.1) is 0 Å². The van der Waals surface area contributed by atoms with Crippen molar-refractivity contribution >= 4 is 17.6 Å². The molecule has 0 aliphatic heterocycles. The zero-order valence-electron chi connectivity index (χ0n) is 10.0. The molecule has 0 radical (unpaired) electrons. The number of rotatable bonds is 7. The molecular formula is C13H18ClNO2. The summed E-state index contributed by atoms with van der Waals surface area (Å²) in [5.41, 5.74) is 1.19. The Balaban J connectivity index is 2.08. The molecule has 94 valence electrons. The molecule has 0 unspecified atom stereocenters. The van der Waals surface area contributed by atoms with E-state index < -0.39 is 0 Å². The van der Waals surface area contributed by atoms with Gasteiger partial charge >= 0.3 is 5.97 Å². The highest BCUT2D eigenvalue weighted by molar-refractivity contribution is 6.30. The summed E-state index contributed by atoms with van der Waals surface area (Å²) in [5.74, 6) is -0.124. The monoisotopic (exact) mass is 255 g/mol. The van der Waals surface area contributed by atoms with Gasteiger partial charge < -0.3 is 10.1 Å². The van der Waals surface area contributed by atoms with Gasteiger partial charge in [-0.1, -0.05) is 23.7 Å². The quantitative estimate of drug-likeness (QED) is 0.601. The number of carbonyl (C=O) groups is 1. The summed E-state index contributed by atoms with van der Waals surface area (Å²) in [7, 11) is 0.